The van der Waals surface area contributed by atoms with Gasteiger partial charge in [0.2, 0.25) is 11.8 Å². The van der Waals surface area contributed by atoms with Crippen LogP contribution in [0.4, 0.5) is 0 Å². The number of rotatable bonds is 6. The number of methoxy groups -OCH3 is 1. The highest BCUT2D eigenvalue weighted by molar-refractivity contribution is 5.85. The molecular weight excluding hydrogens is 318 g/mol. The average molecular weight is 347 g/mol. The van der Waals surface area contributed by atoms with Gasteiger partial charge in [-0.05, 0) is 18.4 Å². The Morgan fingerprint density at radius 3 is 2.56 bits per heavy atom. The number of hydrogen-bond acceptors (Lipinski definition) is 4. The SMILES string of the molecule is CN=C(NCc1ccc(OC)nc1)NCC1(C(=O)N(C)C)CCCC1. The van der Waals surface area contributed by atoms with E-state index in [0.29, 0.717) is 24.9 Å². The molecule has 2 rings (SSSR count). The van der Waals surface area contributed by atoms with Crippen LogP contribution in [0.3, 0.4) is 0 Å². The molecule has 7 nitrogen and oxygen atoms in total. The van der Waals surface area contributed by atoms with Crippen LogP contribution in [-0.2, 0) is 11.3 Å². The molecule has 0 spiro atoms. The lowest BCUT2D eigenvalue weighted by molar-refractivity contribution is -0.138. The van der Waals surface area contributed by atoms with Gasteiger partial charge in [0.05, 0.1) is 12.5 Å². The molecule has 0 bridgehead atoms. The van der Waals surface area contributed by atoms with Crippen LogP contribution < -0.4 is 15.4 Å². The van der Waals surface area contributed by atoms with Gasteiger partial charge in [0.1, 0.15) is 0 Å². The fraction of sp³-hybridized carbons (Fsp3) is 0.611. The van der Waals surface area contributed by atoms with Crippen molar-refractivity contribution in [1.82, 2.24) is 20.5 Å². The third-order valence-corrected chi connectivity index (χ3v) is 4.71. The number of nitrogens with one attached hydrogen (secondary N) is 2. The minimum atomic E-state index is -0.317. The molecule has 2 N–H and O–H groups in total. The van der Waals surface area contributed by atoms with Crippen molar-refractivity contribution in [3.8, 4) is 5.88 Å². The summed E-state index contributed by atoms with van der Waals surface area (Å²) < 4.78 is 5.06. The fourth-order valence-electron chi connectivity index (χ4n) is 3.29. The number of ether oxygens (including phenoxy) is 1. The van der Waals surface area contributed by atoms with E-state index >= 15 is 0 Å². The highest BCUT2D eigenvalue weighted by Crippen LogP contribution is 2.38. The summed E-state index contributed by atoms with van der Waals surface area (Å²) in [5.41, 5.74) is 0.715. The van der Waals surface area contributed by atoms with Gasteiger partial charge in [-0.3, -0.25) is 9.79 Å². The van der Waals surface area contributed by atoms with Crippen molar-refractivity contribution in [3.05, 3.63) is 23.9 Å². The number of hydrogen-bond donors (Lipinski definition) is 2. The molecule has 0 aliphatic heterocycles. The van der Waals surface area contributed by atoms with Gasteiger partial charge in [-0.1, -0.05) is 18.9 Å². The van der Waals surface area contributed by atoms with Crippen molar-refractivity contribution >= 4 is 11.9 Å². The summed E-state index contributed by atoms with van der Waals surface area (Å²) >= 11 is 0. The topological polar surface area (TPSA) is 78.9 Å². The molecule has 138 valence electrons. The maximum atomic E-state index is 12.6. The molecule has 0 saturated heterocycles. The Morgan fingerprint density at radius 2 is 2.04 bits per heavy atom. The zero-order chi connectivity index (χ0) is 18.3. The van der Waals surface area contributed by atoms with E-state index in [1.54, 1.807) is 25.3 Å². The lowest BCUT2D eigenvalue weighted by Gasteiger charge is -2.31. The highest BCUT2D eigenvalue weighted by Gasteiger charge is 2.42. The predicted molar refractivity (Wildman–Crippen MR) is 98.6 cm³/mol. The lowest BCUT2D eigenvalue weighted by atomic mass is 9.84. The predicted octanol–water partition coefficient (Wildman–Crippen LogP) is 1.40. The van der Waals surface area contributed by atoms with Crippen molar-refractivity contribution in [1.29, 1.82) is 0 Å². The number of pyridine rings is 1. The number of aromatic nitrogens is 1. The maximum absolute atomic E-state index is 12.6. The number of guanidine groups is 1. The first-order valence-corrected chi connectivity index (χ1v) is 8.66. The molecule has 7 heteroatoms. The molecule has 1 aliphatic rings. The summed E-state index contributed by atoms with van der Waals surface area (Å²) in [5.74, 6) is 1.48. The van der Waals surface area contributed by atoms with E-state index in [4.69, 9.17) is 4.74 Å². The standard InChI is InChI=1S/C18H29N5O2/c1-19-17(21-12-14-7-8-15(25-4)20-11-14)22-13-18(9-5-6-10-18)16(24)23(2)3/h7-8,11H,5-6,9-10,12-13H2,1-4H3,(H2,19,21,22). The molecule has 1 aliphatic carbocycles. The summed E-state index contributed by atoms with van der Waals surface area (Å²) in [7, 11) is 6.98. The Kier molecular flexibility index (Phi) is 6.61. The van der Waals surface area contributed by atoms with Crippen molar-refractivity contribution in [3.63, 3.8) is 0 Å². The number of nitrogens with zero attached hydrogens (tertiary/aromatic N) is 3. The Hall–Kier alpha value is -2.31. The van der Waals surface area contributed by atoms with Gasteiger partial charge in [0, 0.05) is 46.5 Å². The van der Waals surface area contributed by atoms with Crippen LogP contribution in [0.15, 0.2) is 23.3 Å². The molecule has 25 heavy (non-hydrogen) atoms. The van der Waals surface area contributed by atoms with Crippen LogP contribution in [-0.4, -0.2) is 56.5 Å². The molecule has 1 aromatic heterocycles. The number of carbonyl (C=O) groups is 1. The second kappa shape index (κ2) is 8.69. The fourth-order valence-corrected chi connectivity index (χ4v) is 3.29. The smallest absolute Gasteiger partial charge is 0.230 e. The van der Waals surface area contributed by atoms with Gasteiger partial charge in [-0.25, -0.2) is 4.98 Å². The number of amides is 1. The minimum Gasteiger partial charge on any atom is -0.481 e. The van der Waals surface area contributed by atoms with Crippen LogP contribution >= 0.6 is 0 Å². The molecule has 1 aromatic rings. The first-order valence-electron chi connectivity index (χ1n) is 8.66. The van der Waals surface area contributed by atoms with Crippen LogP contribution in [0.1, 0.15) is 31.2 Å². The van der Waals surface area contributed by atoms with Gasteiger partial charge in [-0.15, -0.1) is 0 Å². The van der Waals surface area contributed by atoms with Gasteiger partial charge in [0.15, 0.2) is 5.96 Å². The van der Waals surface area contributed by atoms with Crippen LogP contribution in [0.5, 0.6) is 5.88 Å². The van der Waals surface area contributed by atoms with Crippen molar-refractivity contribution < 1.29 is 9.53 Å². The van der Waals surface area contributed by atoms with E-state index in [0.717, 1.165) is 31.2 Å². The summed E-state index contributed by atoms with van der Waals surface area (Å²) in [6, 6.07) is 3.79. The van der Waals surface area contributed by atoms with Crippen molar-refractivity contribution in [2.45, 2.75) is 32.2 Å². The van der Waals surface area contributed by atoms with Gasteiger partial charge in [-0.2, -0.15) is 0 Å². The highest BCUT2D eigenvalue weighted by atomic mass is 16.5. The molecule has 0 aromatic carbocycles. The van der Waals surface area contributed by atoms with Crippen LogP contribution in [0.25, 0.3) is 0 Å². The van der Waals surface area contributed by atoms with Crippen LogP contribution in [0, 0.1) is 5.41 Å². The molecule has 0 radical (unpaired) electrons. The van der Waals surface area contributed by atoms with E-state index < -0.39 is 0 Å². The normalized spacial score (nSPS) is 16.4. The average Bonchev–Trinajstić information content (AvgIpc) is 3.11. The first-order chi connectivity index (χ1) is 12.0. The first kappa shape index (κ1) is 19.0. The zero-order valence-corrected chi connectivity index (χ0v) is 15.6. The molecule has 0 atom stereocenters. The van der Waals surface area contributed by atoms with E-state index in [1.165, 1.54) is 0 Å². The van der Waals surface area contributed by atoms with E-state index in [9.17, 15) is 4.79 Å². The summed E-state index contributed by atoms with van der Waals surface area (Å²) in [6.45, 7) is 1.20. The molecule has 1 fully saturated rings. The second-order valence-corrected chi connectivity index (χ2v) is 6.68. The summed E-state index contributed by atoms with van der Waals surface area (Å²) in [4.78, 5) is 22.8. The number of carbonyl (C=O) groups excluding carboxylic acids is 1. The van der Waals surface area contributed by atoms with Gasteiger partial charge >= 0.3 is 0 Å². The lowest BCUT2D eigenvalue weighted by Crippen LogP contribution is -2.49. The zero-order valence-electron chi connectivity index (χ0n) is 15.6. The number of aliphatic imine (C=N–C) groups is 1. The minimum absolute atomic E-state index is 0.201. The summed E-state index contributed by atoms with van der Waals surface area (Å²) in [5, 5.41) is 6.59. The van der Waals surface area contributed by atoms with E-state index in [1.807, 2.05) is 26.2 Å². The molecule has 1 saturated carbocycles. The van der Waals surface area contributed by atoms with Crippen molar-refractivity contribution in [2.75, 3.05) is 34.8 Å². The Balaban J connectivity index is 1.91. The Morgan fingerprint density at radius 1 is 1.32 bits per heavy atom. The third kappa shape index (κ3) is 4.84. The Labute approximate surface area is 149 Å². The molecular formula is C18H29N5O2. The second-order valence-electron chi connectivity index (χ2n) is 6.68. The molecule has 1 amide bonds. The Bertz CT molecular complexity index is 592. The molecule has 0 unspecified atom stereocenters. The van der Waals surface area contributed by atoms with Crippen molar-refractivity contribution in [2.24, 2.45) is 10.4 Å². The summed E-state index contributed by atoms with van der Waals surface area (Å²) in [6.07, 6.45) is 5.83. The molecule has 1 heterocycles. The quantitative estimate of drug-likeness (QED) is 0.601. The van der Waals surface area contributed by atoms with Gasteiger partial charge < -0.3 is 20.3 Å². The van der Waals surface area contributed by atoms with Gasteiger partial charge in [0.25, 0.3) is 0 Å². The monoisotopic (exact) mass is 347 g/mol. The van der Waals surface area contributed by atoms with E-state index in [-0.39, 0.29) is 11.3 Å². The largest absolute Gasteiger partial charge is 0.481 e. The maximum Gasteiger partial charge on any atom is 0.230 e. The third-order valence-electron chi connectivity index (χ3n) is 4.71. The van der Waals surface area contributed by atoms with Crippen LogP contribution in [0.2, 0.25) is 0 Å². The van der Waals surface area contributed by atoms with E-state index in [2.05, 4.69) is 20.6 Å².